The van der Waals surface area contributed by atoms with Crippen molar-refractivity contribution >= 4 is 26.0 Å². The summed E-state index contributed by atoms with van der Waals surface area (Å²) in [5.74, 6) is -2.23. The number of carbonyl (C=O) groups excluding carboxylic acids is 3. The lowest BCUT2D eigenvalue weighted by molar-refractivity contribution is -0.163. The minimum absolute atomic E-state index is 0.0192. The molecule has 2 aliphatic carbocycles. The highest BCUT2D eigenvalue weighted by molar-refractivity contribution is 6.74. The topological polar surface area (TPSA) is 78.9 Å². The fourth-order valence-electron chi connectivity index (χ4n) is 5.78. The Kier molecular flexibility index (Phi) is 8.17. The normalized spacial score (nSPS) is 35.3. The van der Waals surface area contributed by atoms with E-state index in [4.69, 9.17) is 18.0 Å². The fraction of sp³-hybridized carbons (Fsp3) is 0.833. The van der Waals surface area contributed by atoms with Gasteiger partial charge in [-0.1, -0.05) is 54.0 Å². The summed E-state index contributed by atoms with van der Waals surface area (Å²) < 4.78 is 42.5. The van der Waals surface area contributed by atoms with Crippen LogP contribution < -0.4 is 0 Å². The molecule has 0 aromatic heterocycles. The van der Waals surface area contributed by atoms with E-state index < -0.39 is 27.2 Å². The highest BCUT2D eigenvalue weighted by atomic mass is 28.4. The molecule has 3 aliphatic rings. The molecular weight excluding hydrogens is 484 g/mol. The van der Waals surface area contributed by atoms with Crippen LogP contribution in [0.3, 0.4) is 0 Å². The number of esters is 2. The highest BCUT2D eigenvalue weighted by Crippen LogP contribution is 2.47. The van der Waals surface area contributed by atoms with Gasteiger partial charge in [0.25, 0.3) is 0 Å². The zero-order chi connectivity index (χ0) is 30.2. The molecule has 210 valence electrons. The lowest BCUT2D eigenvalue weighted by atomic mass is 9.62. The molecule has 3 rings (SSSR count). The molecule has 0 spiro atoms. The van der Waals surface area contributed by atoms with E-state index in [1.165, 1.54) is 0 Å². The zero-order valence-electron chi connectivity index (χ0n) is 27.1. The third kappa shape index (κ3) is 7.14. The number of fused-ring (bicyclic) bond motifs is 1. The summed E-state index contributed by atoms with van der Waals surface area (Å²) in [4.78, 5) is 38.5. The minimum Gasteiger partial charge on any atom is -0.462 e. The van der Waals surface area contributed by atoms with Gasteiger partial charge in [0.15, 0.2) is 14.1 Å². The molecule has 7 heteroatoms. The Morgan fingerprint density at radius 1 is 1.22 bits per heavy atom. The van der Waals surface area contributed by atoms with Crippen molar-refractivity contribution in [3.63, 3.8) is 0 Å². The Bertz CT molecular complexity index is 985. The predicted molar refractivity (Wildman–Crippen MR) is 147 cm³/mol. The first-order valence-corrected chi connectivity index (χ1v) is 17.1. The van der Waals surface area contributed by atoms with Crippen LogP contribution in [0.1, 0.15) is 97.5 Å². The van der Waals surface area contributed by atoms with Gasteiger partial charge in [-0.05, 0) is 68.1 Å². The first-order valence-electron chi connectivity index (χ1n) is 15.7. The zero-order valence-corrected chi connectivity index (χ0v) is 25.1. The average molecular weight is 538 g/mol. The second-order valence-electron chi connectivity index (χ2n) is 13.2. The van der Waals surface area contributed by atoms with Gasteiger partial charge in [-0.25, -0.2) is 0 Å². The summed E-state index contributed by atoms with van der Waals surface area (Å²) in [6.07, 6.45) is 3.74. The van der Waals surface area contributed by atoms with Crippen molar-refractivity contribution in [1.82, 2.24) is 0 Å². The van der Waals surface area contributed by atoms with Crippen molar-refractivity contribution in [3.8, 4) is 0 Å². The molecule has 6 nitrogen and oxygen atoms in total. The van der Waals surface area contributed by atoms with Crippen LogP contribution >= 0.6 is 0 Å². The number of hydrogen-bond acceptors (Lipinski definition) is 6. The molecule has 1 heterocycles. The molecule has 8 atom stereocenters. The number of hydrogen-bond donors (Lipinski definition) is 0. The van der Waals surface area contributed by atoms with Gasteiger partial charge in [0.1, 0.15) is 12.2 Å². The molecule has 0 N–H and O–H groups in total. The number of ketones is 1. The van der Waals surface area contributed by atoms with Crippen molar-refractivity contribution in [2.24, 2.45) is 29.6 Å². The molecule has 0 aromatic rings. The van der Waals surface area contributed by atoms with Crippen LogP contribution in [0.25, 0.3) is 0 Å². The predicted octanol–water partition coefficient (Wildman–Crippen LogP) is 6.63. The lowest BCUT2D eigenvalue weighted by Gasteiger charge is -2.45. The monoisotopic (exact) mass is 537 g/mol. The van der Waals surface area contributed by atoms with E-state index in [9.17, 15) is 14.4 Å². The molecule has 0 aromatic carbocycles. The van der Waals surface area contributed by atoms with E-state index >= 15 is 0 Å². The first-order chi connectivity index (χ1) is 18.3. The largest absolute Gasteiger partial charge is 0.462 e. The van der Waals surface area contributed by atoms with Crippen molar-refractivity contribution < 1.29 is 32.4 Å². The summed E-state index contributed by atoms with van der Waals surface area (Å²) in [7, 11) is -2.06. The molecule has 1 saturated heterocycles. The molecular formula is C30H50O6Si. The van der Waals surface area contributed by atoms with E-state index in [2.05, 4.69) is 33.9 Å². The molecule has 3 unspecified atom stereocenters. The van der Waals surface area contributed by atoms with Crippen LogP contribution in [0.5, 0.6) is 0 Å². The van der Waals surface area contributed by atoms with Crippen LogP contribution in [0.4, 0.5) is 0 Å². The molecule has 0 amide bonds. The van der Waals surface area contributed by atoms with Gasteiger partial charge in [0.2, 0.25) is 0 Å². The molecule has 1 saturated carbocycles. The Labute approximate surface area is 229 Å². The number of carbonyl (C=O) groups is 3. The Hall–Kier alpha value is -1.47. The van der Waals surface area contributed by atoms with Gasteiger partial charge in [-0.15, -0.1) is 0 Å². The summed E-state index contributed by atoms with van der Waals surface area (Å²) in [6.45, 7) is 14.3. The standard InChI is InChI=1S/C30H50O6Si/c1-10-19(3)29(33)35-26-14-18(2)13-21-15-25(31)20(4)24(28(21)26)12-11-22-16-23(17-27(32)34-22)36-37(8,9)30(5,6)7/h15,18-20,22-24,26,28H,10-14,16-17H2,1-9H3/t18?,19-,20+,22?,23+,24-,26?,28-/m0/s1/i2D3. The van der Waals surface area contributed by atoms with Crippen molar-refractivity contribution in [2.45, 2.75) is 130 Å². The van der Waals surface area contributed by atoms with Gasteiger partial charge in [0, 0.05) is 22.4 Å². The van der Waals surface area contributed by atoms with Crippen molar-refractivity contribution in [2.75, 3.05) is 0 Å². The Morgan fingerprint density at radius 2 is 1.92 bits per heavy atom. The highest BCUT2D eigenvalue weighted by Gasteiger charge is 2.47. The second kappa shape index (κ2) is 11.7. The van der Waals surface area contributed by atoms with E-state index in [0.717, 1.165) is 5.57 Å². The summed E-state index contributed by atoms with van der Waals surface area (Å²) in [6, 6.07) is 0. The maximum Gasteiger partial charge on any atom is 0.308 e. The SMILES string of the molecule is [2H]C([2H])([2H])C1CC2=CC(=O)[C@H](C)[C@H](CCC3C[C@@H](O[Si](C)(C)C(C)(C)C)CC(=O)O3)[C@H]2C(OC(=O)[C@@H](C)CC)C1. The lowest BCUT2D eigenvalue weighted by Crippen LogP contribution is -2.47. The number of allylic oxidation sites excluding steroid dienone is 1. The Balaban J connectivity index is 1.80. The second-order valence-corrected chi connectivity index (χ2v) is 17.9. The van der Waals surface area contributed by atoms with Gasteiger partial charge in [-0.2, -0.15) is 0 Å². The molecule has 37 heavy (non-hydrogen) atoms. The fourth-order valence-corrected chi connectivity index (χ4v) is 7.14. The van der Waals surface area contributed by atoms with E-state index in [0.29, 0.717) is 32.1 Å². The average Bonchev–Trinajstić information content (AvgIpc) is 2.81. The van der Waals surface area contributed by atoms with Crippen molar-refractivity contribution in [3.05, 3.63) is 11.6 Å². The van der Waals surface area contributed by atoms with E-state index in [1.54, 1.807) is 6.08 Å². The van der Waals surface area contributed by atoms with Crippen LogP contribution in [0.15, 0.2) is 11.6 Å². The third-order valence-electron chi connectivity index (χ3n) is 9.30. The van der Waals surface area contributed by atoms with Gasteiger partial charge < -0.3 is 13.9 Å². The first kappa shape index (κ1) is 25.8. The van der Waals surface area contributed by atoms with Crippen LogP contribution in [-0.4, -0.2) is 44.4 Å². The van der Waals surface area contributed by atoms with Gasteiger partial charge in [0.05, 0.1) is 18.4 Å². The maximum atomic E-state index is 13.1. The quantitative estimate of drug-likeness (QED) is 0.255. The minimum atomic E-state index is -2.20. The van der Waals surface area contributed by atoms with Gasteiger partial charge >= 0.3 is 11.9 Å². The number of cyclic esters (lactones) is 1. The molecule has 0 bridgehead atoms. The van der Waals surface area contributed by atoms with E-state index in [1.807, 2.05) is 20.8 Å². The summed E-state index contributed by atoms with van der Waals surface area (Å²) in [5.41, 5.74) is 0.780. The number of ether oxygens (including phenoxy) is 2. The summed E-state index contributed by atoms with van der Waals surface area (Å²) >= 11 is 0. The maximum absolute atomic E-state index is 13.1. The van der Waals surface area contributed by atoms with Gasteiger partial charge in [-0.3, -0.25) is 14.4 Å². The number of rotatable bonds is 8. The molecule has 2 fully saturated rings. The smallest absolute Gasteiger partial charge is 0.308 e. The molecule has 1 aliphatic heterocycles. The third-order valence-corrected chi connectivity index (χ3v) is 13.8. The van der Waals surface area contributed by atoms with Crippen LogP contribution in [0, 0.1) is 29.6 Å². The van der Waals surface area contributed by atoms with E-state index in [-0.39, 0.29) is 71.5 Å². The van der Waals surface area contributed by atoms with Crippen LogP contribution in [0.2, 0.25) is 18.1 Å². The summed E-state index contributed by atoms with van der Waals surface area (Å²) in [5, 5.41) is 0.0276. The van der Waals surface area contributed by atoms with Crippen molar-refractivity contribution in [1.29, 1.82) is 0 Å². The Morgan fingerprint density at radius 3 is 2.54 bits per heavy atom. The van der Waals surface area contributed by atoms with Crippen LogP contribution in [-0.2, 0) is 28.3 Å². The molecule has 0 radical (unpaired) electrons.